The summed E-state index contributed by atoms with van der Waals surface area (Å²) in [4.78, 5) is 16.9. The highest BCUT2D eigenvalue weighted by Gasteiger charge is 2.19. The van der Waals surface area contributed by atoms with Gasteiger partial charge in [0.05, 0.1) is 6.54 Å². The summed E-state index contributed by atoms with van der Waals surface area (Å²) in [5.74, 6) is 1.38. The number of nitrogens with zero attached hydrogens (tertiary/aromatic N) is 2. The highest BCUT2D eigenvalue weighted by Crippen LogP contribution is 2.17. The van der Waals surface area contributed by atoms with E-state index in [1.807, 2.05) is 36.4 Å². The van der Waals surface area contributed by atoms with Crippen LogP contribution in [0.3, 0.4) is 0 Å². The van der Waals surface area contributed by atoms with Gasteiger partial charge in [-0.1, -0.05) is 37.6 Å². The molecular weight excluding hydrogens is 386 g/mol. The molecule has 3 rings (SSSR count). The van der Waals surface area contributed by atoms with Crippen LogP contribution < -0.4 is 10.1 Å². The third-order valence-electron chi connectivity index (χ3n) is 5.18. The predicted molar refractivity (Wildman–Crippen MR) is 119 cm³/mol. The lowest BCUT2D eigenvalue weighted by Gasteiger charge is -2.34. The zero-order chi connectivity index (χ0) is 20.6. The van der Waals surface area contributed by atoms with Crippen LogP contribution in [0.25, 0.3) is 0 Å². The number of amides is 1. The third-order valence-corrected chi connectivity index (χ3v) is 5.44. The number of hydrogen-bond acceptors (Lipinski definition) is 4. The lowest BCUT2D eigenvalue weighted by atomic mass is 10.0. The molecule has 1 aliphatic heterocycles. The molecule has 2 aromatic rings. The Morgan fingerprint density at radius 3 is 2.24 bits per heavy atom. The van der Waals surface area contributed by atoms with Gasteiger partial charge in [0.15, 0.2) is 0 Å². The second kappa shape index (κ2) is 10.6. The van der Waals surface area contributed by atoms with Gasteiger partial charge in [-0.05, 0) is 47.9 Å². The smallest absolute Gasteiger partial charge is 0.238 e. The van der Waals surface area contributed by atoms with Crippen LogP contribution >= 0.6 is 11.6 Å². The summed E-state index contributed by atoms with van der Waals surface area (Å²) in [6.07, 6.45) is 0. The van der Waals surface area contributed by atoms with Crippen molar-refractivity contribution in [2.24, 2.45) is 0 Å². The summed E-state index contributed by atoms with van der Waals surface area (Å²) in [5, 5.41) is 3.71. The normalized spacial score (nSPS) is 15.4. The number of piperazine rings is 1. The number of rotatable bonds is 8. The maximum atomic E-state index is 12.3. The van der Waals surface area contributed by atoms with Gasteiger partial charge in [-0.3, -0.25) is 14.6 Å². The van der Waals surface area contributed by atoms with Gasteiger partial charge in [0.1, 0.15) is 12.4 Å². The number of anilines is 1. The quantitative estimate of drug-likeness (QED) is 0.705. The first-order valence-electron chi connectivity index (χ1n) is 10.2. The molecule has 1 saturated heterocycles. The molecule has 0 atom stereocenters. The van der Waals surface area contributed by atoms with E-state index in [0.29, 0.717) is 24.1 Å². The van der Waals surface area contributed by atoms with Gasteiger partial charge in [-0.25, -0.2) is 0 Å². The zero-order valence-corrected chi connectivity index (χ0v) is 18.0. The van der Waals surface area contributed by atoms with Crippen LogP contribution in [0.1, 0.15) is 25.3 Å². The molecule has 1 fully saturated rings. The van der Waals surface area contributed by atoms with Gasteiger partial charge in [0.25, 0.3) is 0 Å². The molecule has 156 valence electrons. The minimum Gasteiger partial charge on any atom is -0.492 e. The molecule has 0 aliphatic carbocycles. The average molecular weight is 416 g/mol. The fraction of sp³-hybridized carbons (Fsp3) is 0.435. The van der Waals surface area contributed by atoms with Gasteiger partial charge in [-0.15, -0.1) is 0 Å². The van der Waals surface area contributed by atoms with Crippen LogP contribution in [-0.2, 0) is 4.79 Å². The van der Waals surface area contributed by atoms with Crippen molar-refractivity contribution in [2.45, 2.75) is 19.8 Å². The number of hydrogen-bond donors (Lipinski definition) is 1. The Labute approximate surface area is 178 Å². The first-order chi connectivity index (χ1) is 14.0. The summed E-state index contributed by atoms with van der Waals surface area (Å²) in [5.41, 5.74) is 2.14. The minimum absolute atomic E-state index is 0.0434. The molecule has 0 aromatic heterocycles. The van der Waals surface area contributed by atoms with E-state index < -0.39 is 0 Å². The summed E-state index contributed by atoms with van der Waals surface area (Å²) in [6.45, 7) is 9.95. The highest BCUT2D eigenvalue weighted by atomic mass is 35.5. The summed E-state index contributed by atoms with van der Waals surface area (Å²) >= 11 is 5.88. The van der Waals surface area contributed by atoms with Crippen molar-refractivity contribution < 1.29 is 9.53 Å². The Morgan fingerprint density at radius 2 is 1.62 bits per heavy atom. The molecule has 0 bridgehead atoms. The van der Waals surface area contributed by atoms with E-state index in [2.05, 4.69) is 41.1 Å². The van der Waals surface area contributed by atoms with E-state index in [4.69, 9.17) is 16.3 Å². The van der Waals surface area contributed by atoms with Gasteiger partial charge in [0, 0.05) is 43.4 Å². The van der Waals surface area contributed by atoms with Crippen molar-refractivity contribution >= 4 is 23.2 Å². The topological polar surface area (TPSA) is 44.8 Å². The molecule has 1 heterocycles. The van der Waals surface area contributed by atoms with Crippen molar-refractivity contribution in [2.75, 3.05) is 51.2 Å². The number of carbonyl (C=O) groups is 1. The Balaban J connectivity index is 1.33. The van der Waals surface area contributed by atoms with Crippen LogP contribution in [0.4, 0.5) is 5.69 Å². The van der Waals surface area contributed by atoms with Crippen LogP contribution in [0.15, 0.2) is 48.5 Å². The lowest BCUT2D eigenvalue weighted by Crippen LogP contribution is -2.49. The summed E-state index contributed by atoms with van der Waals surface area (Å²) in [6, 6.07) is 15.5. The molecule has 29 heavy (non-hydrogen) atoms. The molecule has 0 spiro atoms. The van der Waals surface area contributed by atoms with Crippen LogP contribution in [0.2, 0.25) is 5.02 Å². The molecular formula is C23H30ClN3O2. The Kier molecular flexibility index (Phi) is 7.92. The molecule has 0 unspecified atom stereocenters. The third kappa shape index (κ3) is 7.03. The van der Waals surface area contributed by atoms with Gasteiger partial charge in [0.2, 0.25) is 5.91 Å². The molecule has 2 aromatic carbocycles. The fourth-order valence-electron chi connectivity index (χ4n) is 3.35. The molecule has 1 aliphatic rings. The monoisotopic (exact) mass is 415 g/mol. The first kappa shape index (κ1) is 21.6. The number of ether oxygens (including phenoxy) is 1. The lowest BCUT2D eigenvalue weighted by molar-refractivity contribution is -0.117. The first-order valence-corrected chi connectivity index (χ1v) is 10.6. The Hall–Kier alpha value is -2.08. The van der Waals surface area contributed by atoms with Crippen molar-refractivity contribution in [3.05, 3.63) is 59.1 Å². The van der Waals surface area contributed by atoms with E-state index >= 15 is 0 Å². The predicted octanol–water partition coefficient (Wildman–Crippen LogP) is 4.10. The number of nitrogens with one attached hydrogen (secondary N) is 1. The van der Waals surface area contributed by atoms with E-state index in [1.165, 1.54) is 5.56 Å². The van der Waals surface area contributed by atoms with E-state index in [1.54, 1.807) is 0 Å². The molecule has 1 N–H and O–H groups in total. The minimum atomic E-state index is 0.0434. The maximum Gasteiger partial charge on any atom is 0.238 e. The van der Waals surface area contributed by atoms with E-state index in [9.17, 15) is 4.79 Å². The molecule has 0 radical (unpaired) electrons. The van der Waals surface area contributed by atoms with Gasteiger partial charge >= 0.3 is 0 Å². The van der Waals surface area contributed by atoms with Crippen LogP contribution in [0.5, 0.6) is 5.75 Å². The molecule has 5 nitrogen and oxygen atoms in total. The van der Waals surface area contributed by atoms with Crippen molar-refractivity contribution in [3.8, 4) is 5.75 Å². The van der Waals surface area contributed by atoms with Crippen LogP contribution in [0, 0.1) is 0 Å². The SMILES string of the molecule is CC(C)c1ccc(NC(=O)CN2CCN(CCOc3ccc(Cl)cc3)CC2)cc1. The summed E-state index contributed by atoms with van der Waals surface area (Å²) < 4.78 is 5.77. The molecule has 6 heteroatoms. The molecule has 1 amide bonds. The van der Waals surface area contributed by atoms with E-state index in [-0.39, 0.29) is 5.91 Å². The number of benzene rings is 2. The summed E-state index contributed by atoms with van der Waals surface area (Å²) in [7, 11) is 0. The Bertz CT molecular complexity index is 770. The second-order valence-corrected chi connectivity index (χ2v) is 8.18. The maximum absolute atomic E-state index is 12.3. The van der Waals surface area contributed by atoms with E-state index in [0.717, 1.165) is 44.2 Å². The van der Waals surface area contributed by atoms with Gasteiger partial charge < -0.3 is 10.1 Å². The second-order valence-electron chi connectivity index (χ2n) is 7.75. The Morgan fingerprint density at radius 1 is 1.00 bits per heavy atom. The van der Waals surface area contributed by atoms with Crippen molar-refractivity contribution in [1.29, 1.82) is 0 Å². The highest BCUT2D eigenvalue weighted by molar-refractivity contribution is 6.30. The average Bonchev–Trinajstić information content (AvgIpc) is 2.71. The van der Waals surface area contributed by atoms with Crippen LogP contribution in [-0.4, -0.2) is 61.6 Å². The fourth-order valence-corrected chi connectivity index (χ4v) is 3.48. The standard InChI is InChI=1S/C23H30ClN3O2/c1-18(2)19-3-7-21(8-4-19)25-23(28)17-27-13-11-26(12-14-27)15-16-29-22-9-5-20(24)6-10-22/h3-10,18H,11-17H2,1-2H3,(H,25,28). The number of carbonyl (C=O) groups excluding carboxylic acids is 1. The number of halogens is 1. The van der Waals surface area contributed by atoms with Gasteiger partial charge in [-0.2, -0.15) is 0 Å². The zero-order valence-electron chi connectivity index (χ0n) is 17.2. The van der Waals surface area contributed by atoms with Crippen molar-refractivity contribution in [3.63, 3.8) is 0 Å². The largest absolute Gasteiger partial charge is 0.492 e. The molecule has 0 saturated carbocycles. The van der Waals surface area contributed by atoms with Crippen molar-refractivity contribution in [1.82, 2.24) is 9.80 Å².